The summed E-state index contributed by atoms with van der Waals surface area (Å²) in [7, 11) is 0. The molecule has 4 aliphatic rings. The maximum Gasteiger partial charge on any atom is 0.270 e. The quantitative estimate of drug-likeness (QED) is 0.651. The van der Waals surface area contributed by atoms with Crippen molar-refractivity contribution in [1.29, 1.82) is 0 Å². The summed E-state index contributed by atoms with van der Waals surface area (Å²) in [5.74, 6) is -1.24. The molecular weight excluding hydrogens is 294 g/mol. The molecular formula is C17H15N3O3. The molecule has 0 radical (unpaired) electrons. The topological polar surface area (TPSA) is 79.4 Å². The Morgan fingerprint density at radius 3 is 2.17 bits per heavy atom. The maximum atomic E-state index is 12.7. The van der Waals surface area contributed by atoms with Crippen molar-refractivity contribution in [2.24, 2.45) is 29.1 Å². The molecule has 23 heavy (non-hydrogen) atoms. The van der Waals surface area contributed by atoms with Gasteiger partial charge in [0.1, 0.15) is 0 Å². The summed E-state index contributed by atoms with van der Waals surface area (Å²) < 4.78 is 0. The Balaban J connectivity index is 1.42. The lowest BCUT2D eigenvalue weighted by Crippen LogP contribution is -2.47. The third-order valence-corrected chi connectivity index (χ3v) is 6.01. The molecule has 1 spiro atoms. The fourth-order valence-electron chi connectivity index (χ4n) is 4.86. The molecule has 1 aromatic heterocycles. The minimum atomic E-state index is -0.462. The third-order valence-electron chi connectivity index (χ3n) is 6.01. The minimum absolute atomic E-state index is 0.164. The SMILES string of the molecule is O=C(NN1C(=O)[C@@H]2[C@H](C1=O)[C@@H]1C=C[C@@H]2C12CC2)c1ccncc1. The zero-order chi connectivity index (χ0) is 15.8. The highest BCUT2D eigenvalue weighted by atomic mass is 16.2. The predicted molar refractivity (Wildman–Crippen MR) is 78.3 cm³/mol. The summed E-state index contributed by atoms with van der Waals surface area (Å²) in [6.07, 6.45) is 9.42. The molecule has 1 N–H and O–H groups in total. The van der Waals surface area contributed by atoms with Crippen LogP contribution in [0.2, 0.25) is 0 Å². The Hall–Kier alpha value is -2.50. The number of fused-ring (bicyclic) bond motifs is 3. The van der Waals surface area contributed by atoms with Crippen LogP contribution in [0.15, 0.2) is 36.7 Å². The lowest BCUT2D eigenvalue weighted by Gasteiger charge is -2.21. The Bertz CT molecular complexity index is 735. The van der Waals surface area contributed by atoms with Gasteiger partial charge in [0, 0.05) is 18.0 Å². The molecule has 0 unspecified atom stereocenters. The Morgan fingerprint density at radius 1 is 1.09 bits per heavy atom. The van der Waals surface area contributed by atoms with Crippen molar-refractivity contribution in [3.8, 4) is 0 Å². The second-order valence-corrected chi connectivity index (χ2v) is 6.91. The van der Waals surface area contributed by atoms with E-state index in [4.69, 9.17) is 0 Å². The largest absolute Gasteiger partial charge is 0.272 e. The van der Waals surface area contributed by atoms with Gasteiger partial charge in [-0.25, -0.2) is 0 Å². The lowest BCUT2D eigenvalue weighted by molar-refractivity contribution is -0.144. The van der Waals surface area contributed by atoms with Crippen molar-refractivity contribution in [1.82, 2.24) is 15.4 Å². The molecule has 2 saturated carbocycles. The van der Waals surface area contributed by atoms with E-state index in [-0.39, 0.29) is 40.9 Å². The zero-order valence-electron chi connectivity index (χ0n) is 12.3. The first-order chi connectivity index (χ1) is 11.1. The van der Waals surface area contributed by atoms with Gasteiger partial charge in [-0.1, -0.05) is 12.2 Å². The molecule has 116 valence electrons. The van der Waals surface area contributed by atoms with E-state index < -0.39 is 5.91 Å². The molecule has 3 fully saturated rings. The second kappa shape index (κ2) is 4.07. The highest BCUT2D eigenvalue weighted by Gasteiger charge is 2.73. The van der Waals surface area contributed by atoms with Gasteiger partial charge in [-0.3, -0.25) is 24.8 Å². The number of pyridine rings is 1. The van der Waals surface area contributed by atoms with E-state index in [0.717, 1.165) is 17.9 Å². The van der Waals surface area contributed by atoms with E-state index in [1.54, 1.807) is 12.1 Å². The molecule has 6 nitrogen and oxygen atoms in total. The number of carbonyl (C=O) groups excluding carboxylic acids is 3. The number of hydrogen-bond acceptors (Lipinski definition) is 4. The van der Waals surface area contributed by atoms with Crippen molar-refractivity contribution >= 4 is 17.7 Å². The molecule has 6 heteroatoms. The normalized spacial score (nSPS) is 35.0. The number of amides is 3. The van der Waals surface area contributed by atoms with E-state index in [2.05, 4.69) is 22.6 Å². The monoisotopic (exact) mass is 309 g/mol. The molecule has 5 rings (SSSR count). The highest BCUT2D eigenvalue weighted by Crippen LogP contribution is 2.73. The van der Waals surface area contributed by atoms with Crippen LogP contribution in [-0.2, 0) is 9.59 Å². The molecule has 4 atom stereocenters. The fourth-order valence-corrected chi connectivity index (χ4v) is 4.86. The standard InChI is InChI=1S/C17H15N3O3/c21-14(9-3-7-18-8-4-9)19-20-15(22)12-10-1-2-11(13(12)16(20)23)17(10)5-6-17/h1-4,7-8,10-13H,5-6H2,(H,19,21)/t10-,11-,12-,13+/m0/s1. The van der Waals surface area contributed by atoms with Crippen LogP contribution >= 0.6 is 0 Å². The van der Waals surface area contributed by atoms with Crippen molar-refractivity contribution in [2.75, 3.05) is 0 Å². The number of hydrogen-bond donors (Lipinski definition) is 1. The number of imide groups is 1. The number of rotatable bonds is 2. The summed E-state index contributed by atoms with van der Waals surface area (Å²) in [6, 6.07) is 3.09. The van der Waals surface area contributed by atoms with Crippen LogP contribution in [0.4, 0.5) is 0 Å². The molecule has 2 heterocycles. The summed E-state index contributed by atoms with van der Waals surface area (Å²) >= 11 is 0. The van der Waals surface area contributed by atoms with Gasteiger partial charge < -0.3 is 0 Å². The molecule has 3 amide bonds. The predicted octanol–water partition coefficient (Wildman–Crippen LogP) is 0.924. The van der Waals surface area contributed by atoms with Gasteiger partial charge in [-0.2, -0.15) is 5.01 Å². The van der Waals surface area contributed by atoms with Crippen LogP contribution in [0, 0.1) is 29.1 Å². The van der Waals surface area contributed by atoms with E-state index >= 15 is 0 Å². The van der Waals surface area contributed by atoms with E-state index in [9.17, 15) is 14.4 Å². The number of hydrazine groups is 1. The van der Waals surface area contributed by atoms with Crippen LogP contribution in [0.5, 0.6) is 0 Å². The zero-order valence-corrected chi connectivity index (χ0v) is 12.3. The molecule has 2 bridgehead atoms. The first-order valence-corrected chi connectivity index (χ1v) is 7.91. The number of aromatic nitrogens is 1. The number of allylic oxidation sites excluding steroid dienone is 2. The average molecular weight is 309 g/mol. The highest BCUT2D eigenvalue weighted by molar-refractivity contribution is 6.09. The summed E-state index contributed by atoms with van der Waals surface area (Å²) in [5.41, 5.74) is 3.02. The van der Waals surface area contributed by atoms with E-state index in [1.165, 1.54) is 12.4 Å². The molecule has 1 aliphatic heterocycles. The van der Waals surface area contributed by atoms with Gasteiger partial charge in [0.05, 0.1) is 11.8 Å². The van der Waals surface area contributed by atoms with Crippen LogP contribution < -0.4 is 5.43 Å². The van der Waals surface area contributed by atoms with Crippen LogP contribution in [0.3, 0.4) is 0 Å². The molecule has 1 saturated heterocycles. The lowest BCUT2D eigenvalue weighted by atomic mass is 9.85. The van der Waals surface area contributed by atoms with Crippen LogP contribution in [-0.4, -0.2) is 27.7 Å². The molecule has 0 aromatic carbocycles. The second-order valence-electron chi connectivity index (χ2n) is 6.91. The summed E-state index contributed by atoms with van der Waals surface area (Å²) in [5, 5.41) is 0.945. The van der Waals surface area contributed by atoms with E-state index in [0.29, 0.717) is 5.56 Å². The van der Waals surface area contributed by atoms with Crippen molar-refractivity contribution in [3.05, 3.63) is 42.2 Å². The smallest absolute Gasteiger partial charge is 0.270 e. The number of nitrogens with one attached hydrogen (secondary N) is 1. The van der Waals surface area contributed by atoms with Crippen LogP contribution in [0.1, 0.15) is 23.2 Å². The summed E-state index contributed by atoms with van der Waals surface area (Å²) in [6.45, 7) is 0. The van der Waals surface area contributed by atoms with Gasteiger partial charge in [-0.05, 0) is 42.2 Å². The van der Waals surface area contributed by atoms with Crippen molar-refractivity contribution < 1.29 is 14.4 Å². The fraction of sp³-hybridized carbons (Fsp3) is 0.412. The maximum absolute atomic E-state index is 12.7. The number of carbonyl (C=O) groups is 3. The summed E-state index contributed by atoms with van der Waals surface area (Å²) in [4.78, 5) is 41.5. The minimum Gasteiger partial charge on any atom is -0.272 e. The van der Waals surface area contributed by atoms with Gasteiger partial charge >= 0.3 is 0 Å². The first-order valence-electron chi connectivity index (χ1n) is 7.91. The Kier molecular flexibility index (Phi) is 2.30. The van der Waals surface area contributed by atoms with Gasteiger partial charge in [0.2, 0.25) is 0 Å². The van der Waals surface area contributed by atoms with E-state index in [1.807, 2.05) is 0 Å². The van der Waals surface area contributed by atoms with Crippen molar-refractivity contribution in [3.63, 3.8) is 0 Å². The Morgan fingerprint density at radius 2 is 1.65 bits per heavy atom. The molecule has 1 aromatic rings. The van der Waals surface area contributed by atoms with Gasteiger partial charge in [0.15, 0.2) is 0 Å². The van der Waals surface area contributed by atoms with Gasteiger partial charge in [-0.15, -0.1) is 0 Å². The average Bonchev–Trinajstić information content (AvgIpc) is 3.18. The van der Waals surface area contributed by atoms with Crippen molar-refractivity contribution in [2.45, 2.75) is 12.8 Å². The van der Waals surface area contributed by atoms with Crippen LogP contribution in [0.25, 0.3) is 0 Å². The van der Waals surface area contributed by atoms with Gasteiger partial charge in [0.25, 0.3) is 17.7 Å². The number of nitrogens with zero attached hydrogens (tertiary/aromatic N) is 2. The molecule has 3 aliphatic carbocycles. The first kappa shape index (κ1) is 13.0. The third kappa shape index (κ3) is 1.48. The Labute approximate surface area is 132 Å².